The molecule has 3 nitrogen and oxygen atoms in total. The molecule has 94 valence electrons. The van der Waals surface area contributed by atoms with Gasteiger partial charge >= 0.3 is 0 Å². The first-order valence-electron chi connectivity index (χ1n) is 6.56. The van der Waals surface area contributed by atoms with Crippen LogP contribution in [0.15, 0.2) is 4.99 Å². The molecule has 0 spiro atoms. The van der Waals surface area contributed by atoms with Gasteiger partial charge in [-0.25, -0.2) is 0 Å². The molecule has 0 unspecified atom stereocenters. The Labute approximate surface area is 99.9 Å². The quantitative estimate of drug-likeness (QED) is 0.558. The minimum Gasteiger partial charge on any atom is -0.370 e. The SMILES string of the molecule is CC(C)CCNC(N)=NCC1(C)CCCC1. The van der Waals surface area contributed by atoms with Gasteiger partial charge in [0.2, 0.25) is 0 Å². The molecule has 16 heavy (non-hydrogen) atoms. The molecule has 1 saturated carbocycles. The molecule has 3 heteroatoms. The summed E-state index contributed by atoms with van der Waals surface area (Å²) in [5.74, 6) is 1.33. The number of nitrogens with one attached hydrogen (secondary N) is 1. The fourth-order valence-corrected chi connectivity index (χ4v) is 2.21. The highest BCUT2D eigenvalue weighted by atomic mass is 15.1. The van der Waals surface area contributed by atoms with Crippen LogP contribution in [0.1, 0.15) is 52.9 Å². The van der Waals surface area contributed by atoms with Crippen molar-refractivity contribution in [3.05, 3.63) is 0 Å². The van der Waals surface area contributed by atoms with E-state index in [2.05, 4.69) is 31.1 Å². The fourth-order valence-electron chi connectivity index (χ4n) is 2.21. The Kier molecular flexibility index (Phi) is 5.10. The summed E-state index contributed by atoms with van der Waals surface area (Å²) < 4.78 is 0. The highest BCUT2D eigenvalue weighted by Gasteiger charge is 2.28. The average molecular weight is 225 g/mol. The highest BCUT2D eigenvalue weighted by Crippen LogP contribution is 2.37. The molecule has 0 amide bonds. The maximum absolute atomic E-state index is 5.84. The van der Waals surface area contributed by atoms with Crippen LogP contribution in [0.4, 0.5) is 0 Å². The van der Waals surface area contributed by atoms with E-state index in [1.54, 1.807) is 0 Å². The largest absolute Gasteiger partial charge is 0.370 e. The first-order valence-corrected chi connectivity index (χ1v) is 6.56. The average Bonchev–Trinajstić information content (AvgIpc) is 2.62. The standard InChI is InChI=1S/C13H27N3/c1-11(2)6-9-15-12(14)16-10-13(3)7-4-5-8-13/h11H,4-10H2,1-3H3,(H3,14,15,16). The van der Waals surface area contributed by atoms with Gasteiger partial charge in [-0.2, -0.15) is 0 Å². The molecule has 1 aliphatic carbocycles. The lowest BCUT2D eigenvalue weighted by atomic mass is 9.89. The number of nitrogens with two attached hydrogens (primary N) is 1. The van der Waals surface area contributed by atoms with Gasteiger partial charge in [-0.05, 0) is 30.6 Å². The molecule has 0 aromatic heterocycles. The van der Waals surface area contributed by atoms with E-state index in [0.717, 1.165) is 19.5 Å². The number of hydrogen-bond donors (Lipinski definition) is 2. The van der Waals surface area contributed by atoms with Crippen molar-refractivity contribution in [3.63, 3.8) is 0 Å². The molecule has 0 aliphatic heterocycles. The number of guanidine groups is 1. The van der Waals surface area contributed by atoms with Crippen LogP contribution >= 0.6 is 0 Å². The first kappa shape index (κ1) is 13.3. The smallest absolute Gasteiger partial charge is 0.188 e. The third kappa shape index (κ3) is 4.86. The number of hydrogen-bond acceptors (Lipinski definition) is 1. The van der Waals surface area contributed by atoms with Gasteiger partial charge < -0.3 is 11.1 Å². The molecule has 3 N–H and O–H groups in total. The maximum Gasteiger partial charge on any atom is 0.188 e. The summed E-state index contributed by atoms with van der Waals surface area (Å²) in [5, 5.41) is 3.18. The molecule has 0 saturated heterocycles. The van der Waals surface area contributed by atoms with Crippen LogP contribution < -0.4 is 11.1 Å². The van der Waals surface area contributed by atoms with Crippen LogP contribution in [0.5, 0.6) is 0 Å². The summed E-state index contributed by atoms with van der Waals surface area (Å²) in [5.41, 5.74) is 6.24. The molecule has 0 aromatic carbocycles. The molecular formula is C13H27N3. The summed E-state index contributed by atoms with van der Waals surface area (Å²) in [7, 11) is 0. The Morgan fingerprint density at radius 1 is 1.38 bits per heavy atom. The van der Waals surface area contributed by atoms with E-state index in [1.807, 2.05) is 0 Å². The molecule has 0 aromatic rings. The van der Waals surface area contributed by atoms with E-state index in [-0.39, 0.29) is 0 Å². The third-order valence-electron chi connectivity index (χ3n) is 3.47. The number of aliphatic imine (C=N–C) groups is 1. The normalized spacial score (nSPS) is 20.4. The predicted octanol–water partition coefficient (Wildman–Crippen LogP) is 2.52. The van der Waals surface area contributed by atoms with Crippen molar-refractivity contribution in [2.45, 2.75) is 52.9 Å². The second-order valence-corrected chi connectivity index (χ2v) is 5.83. The van der Waals surface area contributed by atoms with Crippen molar-refractivity contribution in [1.82, 2.24) is 5.32 Å². The number of rotatable bonds is 5. The van der Waals surface area contributed by atoms with Crippen LogP contribution in [0.2, 0.25) is 0 Å². The predicted molar refractivity (Wildman–Crippen MR) is 70.5 cm³/mol. The van der Waals surface area contributed by atoms with E-state index in [1.165, 1.54) is 25.7 Å². The van der Waals surface area contributed by atoms with Crippen molar-refractivity contribution < 1.29 is 0 Å². The van der Waals surface area contributed by atoms with Gasteiger partial charge in [-0.3, -0.25) is 4.99 Å². The zero-order chi connectivity index (χ0) is 12.0. The molecule has 1 rings (SSSR count). The topological polar surface area (TPSA) is 50.4 Å². The zero-order valence-electron chi connectivity index (χ0n) is 11.1. The second kappa shape index (κ2) is 6.12. The molecule has 0 atom stereocenters. The molecule has 0 bridgehead atoms. The van der Waals surface area contributed by atoms with Crippen LogP contribution in [0.3, 0.4) is 0 Å². The molecule has 1 fully saturated rings. The van der Waals surface area contributed by atoms with E-state index in [9.17, 15) is 0 Å². The molecule has 1 aliphatic rings. The number of nitrogens with zero attached hydrogens (tertiary/aromatic N) is 1. The van der Waals surface area contributed by atoms with Crippen LogP contribution in [0.25, 0.3) is 0 Å². The van der Waals surface area contributed by atoms with E-state index >= 15 is 0 Å². The van der Waals surface area contributed by atoms with Gasteiger partial charge in [-0.15, -0.1) is 0 Å². The fraction of sp³-hybridized carbons (Fsp3) is 0.923. The highest BCUT2D eigenvalue weighted by molar-refractivity contribution is 5.77. The lowest BCUT2D eigenvalue weighted by Crippen LogP contribution is -2.34. The van der Waals surface area contributed by atoms with Crippen LogP contribution in [-0.4, -0.2) is 19.0 Å². The molecule has 0 heterocycles. The van der Waals surface area contributed by atoms with Crippen molar-refractivity contribution >= 4 is 5.96 Å². The van der Waals surface area contributed by atoms with Gasteiger partial charge in [0.15, 0.2) is 5.96 Å². The maximum atomic E-state index is 5.84. The summed E-state index contributed by atoms with van der Waals surface area (Å²) in [4.78, 5) is 4.46. The van der Waals surface area contributed by atoms with E-state index in [4.69, 9.17) is 5.73 Å². The van der Waals surface area contributed by atoms with Crippen molar-refractivity contribution in [2.24, 2.45) is 22.1 Å². The van der Waals surface area contributed by atoms with Gasteiger partial charge in [0.1, 0.15) is 0 Å². The Balaban J connectivity index is 2.22. The Morgan fingerprint density at radius 3 is 2.56 bits per heavy atom. The lowest BCUT2D eigenvalue weighted by Gasteiger charge is -2.20. The van der Waals surface area contributed by atoms with Crippen molar-refractivity contribution in [3.8, 4) is 0 Å². The monoisotopic (exact) mass is 225 g/mol. The van der Waals surface area contributed by atoms with Gasteiger partial charge in [0, 0.05) is 13.1 Å². The molecular weight excluding hydrogens is 198 g/mol. The Hall–Kier alpha value is -0.730. The summed E-state index contributed by atoms with van der Waals surface area (Å²) >= 11 is 0. The van der Waals surface area contributed by atoms with Gasteiger partial charge in [-0.1, -0.05) is 33.6 Å². The molecule has 0 radical (unpaired) electrons. The van der Waals surface area contributed by atoms with Gasteiger partial charge in [0.25, 0.3) is 0 Å². The van der Waals surface area contributed by atoms with E-state index in [0.29, 0.717) is 17.3 Å². The Bertz CT molecular complexity index is 227. The van der Waals surface area contributed by atoms with E-state index < -0.39 is 0 Å². The lowest BCUT2D eigenvalue weighted by molar-refractivity contribution is 0.351. The zero-order valence-corrected chi connectivity index (χ0v) is 11.1. The summed E-state index contributed by atoms with van der Waals surface area (Å²) in [6, 6.07) is 0. The first-order chi connectivity index (χ1) is 7.52. The minimum absolute atomic E-state index is 0.407. The van der Waals surface area contributed by atoms with Crippen molar-refractivity contribution in [2.75, 3.05) is 13.1 Å². The Morgan fingerprint density at radius 2 is 2.00 bits per heavy atom. The summed E-state index contributed by atoms with van der Waals surface area (Å²) in [6.45, 7) is 8.57. The third-order valence-corrected chi connectivity index (χ3v) is 3.47. The van der Waals surface area contributed by atoms with Crippen LogP contribution in [0, 0.1) is 11.3 Å². The van der Waals surface area contributed by atoms with Crippen molar-refractivity contribution in [1.29, 1.82) is 0 Å². The second-order valence-electron chi connectivity index (χ2n) is 5.83. The minimum atomic E-state index is 0.407. The van der Waals surface area contributed by atoms with Gasteiger partial charge in [0.05, 0.1) is 0 Å². The summed E-state index contributed by atoms with van der Waals surface area (Å²) in [6.07, 6.45) is 6.46. The van der Waals surface area contributed by atoms with Crippen LogP contribution in [-0.2, 0) is 0 Å².